The highest BCUT2D eigenvalue weighted by Crippen LogP contribution is 2.20. The van der Waals surface area contributed by atoms with Gasteiger partial charge in [0, 0.05) is 10.7 Å². The van der Waals surface area contributed by atoms with Crippen LogP contribution >= 0.6 is 11.6 Å². The first-order valence-electron chi connectivity index (χ1n) is 5.21. The highest BCUT2D eigenvalue weighted by Gasteiger charge is 2.09. The average molecular weight is 263 g/mol. The molecule has 3 N–H and O–H groups in total. The molecule has 0 aliphatic heterocycles. The maximum atomic E-state index is 11.9. The summed E-state index contributed by atoms with van der Waals surface area (Å²) in [5, 5.41) is 3.27. The van der Waals surface area contributed by atoms with Crippen molar-refractivity contribution >= 4 is 29.0 Å². The minimum Gasteiger partial charge on any atom is -0.382 e. The number of hydrogen-bond acceptors (Lipinski definition) is 4. The van der Waals surface area contributed by atoms with Crippen LogP contribution in [-0.2, 0) is 0 Å². The number of aryl methyl sites for hydroxylation is 1. The Hall–Kier alpha value is -2.14. The number of halogens is 1. The third-order valence-electron chi connectivity index (χ3n) is 2.35. The van der Waals surface area contributed by atoms with Crippen molar-refractivity contribution in [1.82, 2.24) is 9.97 Å². The maximum absolute atomic E-state index is 11.9. The third-order valence-corrected chi connectivity index (χ3v) is 2.59. The van der Waals surface area contributed by atoms with E-state index in [4.69, 9.17) is 17.3 Å². The Morgan fingerprint density at radius 3 is 2.78 bits per heavy atom. The molecule has 0 bridgehead atoms. The van der Waals surface area contributed by atoms with Gasteiger partial charge in [0.2, 0.25) is 0 Å². The summed E-state index contributed by atoms with van der Waals surface area (Å²) in [4.78, 5) is 19.6. The molecule has 1 aromatic carbocycles. The molecule has 1 amide bonds. The summed E-state index contributed by atoms with van der Waals surface area (Å²) in [6.45, 7) is 1.88. The van der Waals surface area contributed by atoms with Crippen LogP contribution in [0.25, 0.3) is 0 Å². The van der Waals surface area contributed by atoms with Crippen molar-refractivity contribution in [2.75, 3.05) is 11.1 Å². The number of nitrogens with zero attached hydrogens (tertiary/aromatic N) is 2. The van der Waals surface area contributed by atoms with Crippen molar-refractivity contribution in [3.05, 3.63) is 46.9 Å². The zero-order valence-corrected chi connectivity index (χ0v) is 10.4. The quantitative estimate of drug-likeness (QED) is 0.870. The molecule has 6 heteroatoms. The van der Waals surface area contributed by atoms with Gasteiger partial charge in [-0.25, -0.2) is 9.97 Å². The minimum atomic E-state index is -0.354. The van der Waals surface area contributed by atoms with Crippen LogP contribution in [0.15, 0.2) is 30.6 Å². The first kappa shape index (κ1) is 12.3. The van der Waals surface area contributed by atoms with E-state index < -0.39 is 0 Å². The van der Waals surface area contributed by atoms with Crippen molar-refractivity contribution in [2.24, 2.45) is 0 Å². The van der Waals surface area contributed by atoms with Gasteiger partial charge in [0.15, 0.2) is 0 Å². The topological polar surface area (TPSA) is 80.9 Å². The van der Waals surface area contributed by atoms with Crippen molar-refractivity contribution in [3.63, 3.8) is 0 Å². The third kappa shape index (κ3) is 2.75. The molecule has 0 spiro atoms. The second-order valence-corrected chi connectivity index (χ2v) is 4.18. The molecule has 18 heavy (non-hydrogen) atoms. The van der Waals surface area contributed by atoms with E-state index in [1.54, 1.807) is 12.1 Å². The molecule has 2 aromatic rings. The standard InChI is InChI=1S/C12H11ClN4O/c1-7-2-3-8(13)4-9(7)17-12(18)10-5-16-11(14)6-15-10/h2-6H,1H3,(H2,14,16)(H,17,18). The first-order chi connectivity index (χ1) is 8.56. The number of benzene rings is 1. The minimum absolute atomic E-state index is 0.198. The van der Waals surface area contributed by atoms with Gasteiger partial charge in [-0.3, -0.25) is 4.79 Å². The molecule has 2 rings (SSSR count). The number of rotatable bonds is 2. The molecule has 1 aromatic heterocycles. The van der Waals surface area contributed by atoms with Gasteiger partial charge < -0.3 is 11.1 Å². The van der Waals surface area contributed by atoms with Gasteiger partial charge in [-0.2, -0.15) is 0 Å². The van der Waals surface area contributed by atoms with Crippen LogP contribution < -0.4 is 11.1 Å². The predicted molar refractivity (Wildman–Crippen MR) is 70.6 cm³/mol. The second-order valence-electron chi connectivity index (χ2n) is 3.74. The maximum Gasteiger partial charge on any atom is 0.275 e. The fraction of sp³-hybridized carbons (Fsp3) is 0.0833. The summed E-state index contributed by atoms with van der Waals surface area (Å²) < 4.78 is 0. The Morgan fingerprint density at radius 1 is 1.33 bits per heavy atom. The lowest BCUT2D eigenvalue weighted by atomic mass is 10.2. The lowest BCUT2D eigenvalue weighted by Crippen LogP contribution is -2.15. The van der Waals surface area contributed by atoms with E-state index in [-0.39, 0.29) is 17.4 Å². The Labute approximate surface area is 109 Å². The monoisotopic (exact) mass is 262 g/mol. The molecule has 1 heterocycles. The SMILES string of the molecule is Cc1ccc(Cl)cc1NC(=O)c1cnc(N)cn1. The van der Waals surface area contributed by atoms with Crippen LogP contribution in [0.3, 0.4) is 0 Å². The molecular formula is C12H11ClN4O. The van der Waals surface area contributed by atoms with E-state index in [0.717, 1.165) is 5.56 Å². The first-order valence-corrected chi connectivity index (χ1v) is 5.59. The fourth-order valence-corrected chi connectivity index (χ4v) is 1.54. The van der Waals surface area contributed by atoms with Crippen molar-refractivity contribution in [1.29, 1.82) is 0 Å². The molecule has 0 saturated heterocycles. The molecule has 0 atom stereocenters. The molecule has 92 valence electrons. The van der Waals surface area contributed by atoms with E-state index in [0.29, 0.717) is 10.7 Å². The van der Waals surface area contributed by atoms with E-state index in [2.05, 4.69) is 15.3 Å². The number of carbonyl (C=O) groups is 1. The van der Waals surface area contributed by atoms with Crippen molar-refractivity contribution in [3.8, 4) is 0 Å². The zero-order chi connectivity index (χ0) is 13.1. The van der Waals surface area contributed by atoms with E-state index in [1.807, 2.05) is 13.0 Å². The molecule has 0 radical (unpaired) electrons. The van der Waals surface area contributed by atoms with Gasteiger partial charge >= 0.3 is 0 Å². The molecule has 0 saturated carbocycles. The lowest BCUT2D eigenvalue weighted by molar-refractivity contribution is 0.102. The predicted octanol–water partition coefficient (Wildman–Crippen LogP) is 2.27. The smallest absolute Gasteiger partial charge is 0.275 e. The number of carbonyl (C=O) groups excluding carboxylic acids is 1. The van der Waals surface area contributed by atoms with Crippen LogP contribution in [-0.4, -0.2) is 15.9 Å². The van der Waals surface area contributed by atoms with Gasteiger partial charge in [0.05, 0.1) is 12.4 Å². The summed E-state index contributed by atoms with van der Waals surface area (Å²) in [6, 6.07) is 5.27. The van der Waals surface area contributed by atoms with Crippen molar-refractivity contribution in [2.45, 2.75) is 6.92 Å². The van der Waals surface area contributed by atoms with E-state index >= 15 is 0 Å². The fourth-order valence-electron chi connectivity index (χ4n) is 1.37. The van der Waals surface area contributed by atoms with E-state index in [9.17, 15) is 4.79 Å². The normalized spacial score (nSPS) is 10.1. The van der Waals surface area contributed by atoms with Crippen LogP contribution in [0.2, 0.25) is 5.02 Å². The molecule has 0 aliphatic carbocycles. The average Bonchev–Trinajstić information content (AvgIpc) is 2.34. The van der Waals surface area contributed by atoms with Gasteiger partial charge in [-0.15, -0.1) is 0 Å². The summed E-state index contributed by atoms with van der Waals surface area (Å²) in [7, 11) is 0. The van der Waals surface area contributed by atoms with Gasteiger partial charge in [-0.1, -0.05) is 17.7 Å². The van der Waals surface area contributed by atoms with Crippen molar-refractivity contribution < 1.29 is 4.79 Å². The highest BCUT2D eigenvalue weighted by molar-refractivity contribution is 6.31. The summed E-state index contributed by atoms with van der Waals surface area (Å²) >= 11 is 5.87. The summed E-state index contributed by atoms with van der Waals surface area (Å²) in [5.41, 5.74) is 7.16. The number of nitrogens with one attached hydrogen (secondary N) is 1. The number of anilines is 2. The second kappa shape index (κ2) is 5.01. The molecular weight excluding hydrogens is 252 g/mol. The number of aromatic nitrogens is 2. The Kier molecular flexibility index (Phi) is 3.43. The van der Waals surface area contributed by atoms with Crippen LogP contribution in [0, 0.1) is 6.92 Å². The highest BCUT2D eigenvalue weighted by atomic mass is 35.5. The zero-order valence-electron chi connectivity index (χ0n) is 9.64. The van der Waals surface area contributed by atoms with Crippen LogP contribution in [0.4, 0.5) is 11.5 Å². The largest absolute Gasteiger partial charge is 0.382 e. The lowest BCUT2D eigenvalue weighted by Gasteiger charge is -2.08. The van der Waals surface area contributed by atoms with E-state index in [1.165, 1.54) is 12.4 Å². The Bertz CT molecular complexity index is 583. The van der Waals surface area contributed by atoms with Gasteiger partial charge in [0.1, 0.15) is 11.5 Å². The summed E-state index contributed by atoms with van der Waals surface area (Å²) in [5.74, 6) is -0.0849. The number of amides is 1. The van der Waals surface area contributed by atoms with Gasteiger partial charge in [0.25, 0.3) is 5.91 Å². The Balaban J connectivity index is 2.21. The Morgan fingerprint density at radius 2 is 2.11 bits per heavy atom. The van der Waals surface area contributed by atoms with Crippen LogP contribution in [0.5, 0.6) is 0 Å². The number of nitrogen functional groups attached to an aromatic ring is 1. The molecule has 0 aliphatic rings. The molecule has 5 nitrogen and oxygen atoms in total. The van der Waals surface area contributed by atoms with Gasteiger partial charge in [-0.05, 0) is 24.6 Å². The molecule has 0 unspecified atom stereocenters. The number of hydrogen-bond donors (Lipinski definition) is 2. The summed E-state index contributed by atoms with van der Waals surface area (Å²) in [6.07, 6.45) is 2.66. The molecule has 0 fully saturated rings. The number of nitrogens with two attached hydrogens (primary N) is 1. The van der Waals surface area contributed by atoms with Crippen LogP contribution in [0.1, 0.15) is 16.1 Å².